The van der Waals surface area contributed by atoms with Crippen LogP contribution in [-0.4, -0.2) is 15.9 Å². The van der Waals surface area contributed by atoms with Crippen molar-refractivity contribution in [2.45, 2.75) is 13.1 Å². The molecule has 1 amide bonds. The first-order valence-electron chi connectivity index (χ1n) is 5.12. The van der Waals surface area contributed by atoms with Gasteiger partial charge in [0, 0.05) is 31.1 Å². The fraction of sp³-hybridized carbons (Fsp3) is 0.182. The second kappa shape index (κ2) is 4.96. The Labute approximate surface area is 110 Å². The highest BCUT2D eigenvalue weighted by Gasteiger charge is 2.31. The molecule has 0 unspecified atom stereocenters. The molecule has 2 rings (SSSR count). The molecule has 0 saturated carbocycles. The van der Waals surface area contributed by atoms with E-state index in [1.54, 1.807) is 0 Å². The van der Waals surface area contributed by atoms with Crippen LogP contribution in [0.2, 0.25) is 0 Å². The number of amides is 1. The Kier molecular flexibility index (Phi) is 3.52. The maximum Gasteiger partial charge on any atom is 0.417 e. The van der Waals surface area contributed by atoms with Crippen LogP contribution in [0.1, 0.15) is 12.5 Å². The molecule has 0 spiro atoms. The lowest BCUT2D eigenvalue weighted by atomic mass is 10.2. The van der Waals surface area contributed by atoms with E-state index in [4.69, 9.17) is 0 Å². The van der Waals surface area contributed by atoms with Crippen LogP contribution in [0, 0.1) is 0 Å². The number of halogens is 3. The lowest BCUT2D eigenvalue weighted by Gasteiger charge is -2.06. The van der Waals surface area contributed by atoms with Crippen molar-refractivity contribution in [3.05, 3.63) is 30.2 Å². The summed E-state index contributed by atoms with van der Waals surface area (Å²) in [6, 6.07) is 0.998. The summed E-state index contributed by atoms with van der Waals surface area (Å²) >= 11 is 1.08. The van der Waals surface area contributed by atoms with Gasteiger partial charge >= 0.3 is 6.18 Å². The number of carbonyl (C=O) groups excluding carboxylic acids is 1. The van der Waals surface area contributed by atoms with Gasteiger partial charge in [-0.2, -0.15) is 13.2 Å². The van der Waals surface area contributed by atoms with Crippen LogP contribution in [0.3, 0.4) is 0 Å². The molecule has 0 aliphatic rings. The first-order chi connectivity index (χ1) is 8.86. The third-order valence-corrected chi connectivity index (χ3v) is 3.10. The van der Waals surface area contributed by atoms with Gasteiger partial charge in [-0.05, 0) is 6.07 Å². The van der Waals surface area contributed by atoms with E-state index < -0.39 is 11.7 Å². The van der Waals surface area contributed by atoms with Crippen LogP contribution >= 0.6 is 11.3 Å². The molecule has 2 aromatic heterocycles. The SMILES string of the molecule is CC(=O)Nc1ncc(-c2cncc(C(F)(F)F)c2)s1. The summed E-state index contributed by atoms with van der Waals surface area (Å²) in [6.45, 7) is 1.33. The number of carbonyl (C=O) groups is 1. The Balaban J connectivity index is 2.32. The summed E-state index contributed by atoms with van der Waals surface area (Å²) in [4.78, 5) is 18.8. The molecule has 0 radical (unpaired) electrons. The summed E-state index contributed by atoms with van der Waals surface area (Å²) in [5, 5.41) is 2.80. The molecule has 19 heavy (non-hydrogen) atoms. The summed E-state index contributed by atoms with van der Waals surface area (Å²) in [7, 11) is 0. The van der Waals surface area contributed by atoms with Gasteiger partial charge in [0.05, 0.1) is 10.4 Å². The summed E-state index contributed by atoms with van der Waals surface area (Å²) in [6.07, 6.45) is -0.958. The van der Waals surface area contributed by atoms with Crippen LogP contribution in [0.5, 0.6) is 0 Å². The van der Waals surface area contributed by atoms with E-state index in [-0.39, 0.29) is 5.91 Å². The number of aromatic nitrogens is 2. The lowest BCUT2D eigenvalue weighted by molar-refractivity contribution is -0.137. The molecule has 1 N–H and O–H groups in total. The van der Waals surface area contributed by atoms with Gasteiger partial charge in [-0.3, -0.25) is 9.78 Å². The molecule has 2 heterocycles. The van der Waals surface area contributed by atoms with Crippen molar-refractivity contribution >= 4 is 22.4 Å². The van der Waals surface area contributed by atoms with Crippen LogP contribution in [0.4, 0.5) is 18.3 Å². The Hall–Kier alpha value is -1.96. The predicted octanol–water partition coefficient (Wildman–Crippen LogP) is 3.18. The Morgan fingerprint density at radius 3 is 2.68 bits per heavy atom. The average molecular weight is 287 g/mol. The highest BCUT2D eigenvalue weighted by Crippen LogP contribution is 2.33. The fourth-order valence-corrected chi connectivity index (χ4v) is 2.19. The van der Waals surface area contributed by atoms with Gasteiger partial charge in [-0.15, -0.1) is 0 Å². The minimum absolute atomic E-state index is 0.289. The second-order valence-corrected chi connectivity index (χ2v) is 4.70. The van der Waals surface area contributed by atoms with E-state index in [0.717, 1.165) is 23.6 Å². The number of nitrogens with zero attached hydrogens (tertiary/aromatic N) is 2. The zero-order valence-corrected chi connectivity index (χ0v) is 10.5. The second-order valence-electron chi connectivity index (χ2n) is 3.67. The van der Waals surface area contributed by atoms with Gasteiger partial charge in [-0.25, -0.2) is 4.98 Å². The lowest BCUT2D eigenvalue weighted by Crippen LogP contribution is -2.05. The molecule has 4 nitrogen and oxygen atoms in total. The van der Waals surface area contributed by atoms with Crippen LogP contribution < -0.4 is 5.32 Å². The Bertz CT molecular complexity index is 609. The molecule has 8 heteroatoms. The topological polar surface area (TPSA) is 54.9 Å². The average Bonchev–Trinajstić information content (AvgIpc) is 2.76. The summed E-state index contributed by atoms with van der Waals surface area (Å²) < 4.78 is 37.7. The van der Waals surface area contributed by atoms with Gasteiger partial charge in [0.15, 0.2) is 5.13 Å². The third-order valence-electron chi connectivity index (χ3n) is 2.14. The van der Waals surface area contributed by atoms with Gasteiger partial charge in [0.25, 0.3) is 0 Å². The molecule has 0 aromatic carbocycles. The largest absolute Gasteiger partial charge is 0.417 e. The van der Waals surface area contributed by atoms with Crippen molar-refractivity contribution in [2.75, 3.05) is 5.32 Å². The summed E-state index contributed by atoms with van der Waals surface area (Å²) in [5.74, 6) is -0.289. The molecule has 0 aliphatic carbocycles. The van der Waals surface area contributed by atoms with Crippen molar-refractivity contribution in [1.29, 1.82) is 0 Å². The van der Waals surface area contributed by atoms with E-state index in [1.807, 2.05) is 0 Å². The number of thiazole rings is 1. The van der Waals surface area contributed by atoms with Crippen LogP contribution in [-0.2, 0) is 11.0 Å². The molecule has 100 valence electrons. The van der Waals surface area contributed by atoms with E-state index in [2.05, 4.69) is 15.3 Å². The molecular formula is C11H8F3N3OS. The van der Waals surface area contributed by atoms with Crippen LogP contribution in [0.25, 0.3) is 10.4 Å². The van der Waals surface area contributed by atoms with E-state index in [9.17, 15) is 18.0 Å². The van der Waals surface area contributed by atoms with Crippen molar-refractivity contribution in [3.8, 4) is 10.4 Å². The van der Waals surface area contributed by atoms with Crippen molar-refractivity contribution in [1.82, 2.24) is 9.97 Å². The van der Waals surface area contributed by atoms with Gasteiger partial charge < -0.3 is 5.32 Å². The highest BCUT2D eigenvalue weighted by molar-refractivity contribution is 7.19. The molecule has 0 bridgehead atoms. The maximum atomic E-state index is 12.6. The van der Waals surface area contributed by atoms with Crippen molar-refractivity contribution in [2.24, 2.45) is 0 Å². The molecule has 0 saturated heterocycles. The van der Waals surface area contributed by atoms with Crippen molar-refractivity contribution in [3.63, 3.8) is 0 Å². The van der Waals surface area contributed by atoms with Gasteiger partial charge in [0.2, 0.25) is 5.91 Å². The molecule has 0 aliphatic heterocycles. The first-order valence-corrected chi connectivity index (χ1v) is 5.94. The zero-order chi connectivity index (χ0) is 14.0. The minimum Gasteiger partial charge on any atom is -0.302 e. The van der Waals surface area contributed by atoms with E-state index >= 15 is 0 Å². The number of anilines is 1. The number of alkyl halides is 3. The quantitative estimate of drug-likeness (QED) is 0.923. The van der Waals surface area contributed by atoms with Gasteiger partial charge in [-0.1, -0.05) is 11.3 Å². The first kappa shape index (κ1) is 13.5. The number of nitrogens with one attached hydrogen (secondary N) is 1. The highest BCUT2D eigenvalue weighted by atomic mass is 32.1. The normalized spacial score (nSPS) is 11.4. The Morgan fingerprint density at radius 2 is 2.05 bits per heavy atom. The maximum absolute atomic E-state index is 12.6. The monoisotopic (exact) mass is 287 g/mol. The van der Waals surface area contributed by atoms with Gasteiger partial charge in [0.1, 0.15) is 0 Å². The smallest absolute Gasteiger partial charge is 0.302 e. The summed E-state index contributed by atoms with van der Waals surface area (Å²) in [5.41, 5.74) is -0.511. The number of hydrogen-bond acceptors (Lipinski definition) is 4. The van der Waals surface area contributed by atoms with Crippen molar-refractivity contribution < 1.29 is 18.0 Å². The fourth-order valence-electron chi connectivity index (χ4n) is 1.35. The van der Waals surface area contributed by atoms with E-state index in [0.29, 0.717) is 15.6 Å². The molecule has 0 fully saturated rings. The van der Waals surface area contributed by atoms with Crippen LogP contribution in [0.15, 0.2) is 24.7 Å². The third kappa shape index (κ3) is 3.28. The standard InChI is InChI=1S/C11H8F3N3OS/c1-6(18)17-10-16-5-9(19-10)7-2-8(4-15-3-7)11(12,13)14/h2-5H,1H3,(H,16,17,18). The van der Waals surface area contributed by atoms with E-state index in [1.165, 1.54) is 19.3 Å². The number of pyridine rings is 1. The molecular weight excluding hydrogens is 279 g/mol. The number of hydrogen-bond donors (Lipinski definition) is 1. The Morgan fingerprint density at radius 1 is 1.32 bits per heavy atom. The zero-order valence-electron chi connectivity index (χ0n) is 9.65. The minimum atomic E-state index is -4.44. The molecule has 0 atom stereocenters. The number of rotatable bonds is 2. The predicted molar refractivity (Wildman–Crippen MR) is 64.7 cm³/mol. The molecule has 2 aromatic rings.